The Morgan fingerprint density at radius 1 is 1.53 bits per heavy atom. The lowest BCUT2D eigenvalue weighted by Crippen LogP contribution is -2.60. The van der Waals surface area contributed by atoms with Crippen molar-refractivity contribution in [2.45, 2.75) is 64.6 Å². The highest BCUT2D eigenvalue weighted by molar-refractivity contribution is 5.86. The Kier molecular flexibility index (Phi) is 4.95. The number of carbonyl (C=O) groups is 1. The Balaban J connectivity index is 2.76. The summed E-state index contributed by atoms with van der Waals surface area (Å²) >= 11 is 0. The monoisotopic (exact) mass is 242 g/mol. The Morgan fingerprint density at radius 2 is 2.18 bits per heavy atom. The second-order valence-electron chi connectivity index (χ2n) is 5.33. The molecule has 0 aromatic rings. The molecular formula is C13H26N2O2. The molecule has 4 heteroatoms. The van der Waals surface area contributed by atoms with Crippen molar-refractivity contribution in [3.63, 3.8) is 0 Å². The molecule has 4 nitrogen and oxygen atoms in total. The molecular weight excluding hydrogens is 216 g/mol. The second-order valence-corrected chi connectivity index (χ2v) is 5.33. The lowest BCUT2D eigenvalue weighted by molar-refractivity contribution is -0.149. The molecule has 0 saturated carbocycles. The number of nitrogens with two attached hydrogens (primary N) is 1. The molecule has 0 aromatic carbocycles. The molecule has 17 heavy (non-hydrogen) atoms. The Labute approximate surface area is 104 Å². The van der Waals surface area contributed by atoms with E-state index in [0.29, 0.717) is 13.2 Å². The van der Waals surface area contributed by atoms with Gasteiger partial charge in [0.15, 0.2) is 0 Å². The molecule has 0 aromatic heterocycles. The summed E-state index contributed by atoms with van der Waals surface area (Å²) in [6.45, 7) is 9.26. The minimum atomic E-state index is -0.737. The summed E-state index contributed by atoms with van der Waals surface area (Å²) < 4.78 is 5.60. The second kappa shape index (κ2) is 5.83. The maximum Gasteiger partial charge on any atom is 0.242 e. The number of hydrogen-bond acceptors (Lipinski definition) is 3. The molecule has 1 aliphatic rings. The van der Waals surface area contributed by atoms with Crippen molar-refractivity contribution in [2.75, 3.05) is 13.2 Å². The van der Waals surface area contributed by atoms with Crippen LogP contribution in [0.2, 0.25) is 0 Å². The third-order valence-electron chi connectivity index (χ3n) is 3.46. The van der Waals surface area contributed by atoms with Crippen LogP contribution in [0.3, 0.4) is 0 Å². The SMILES string of the molecule is CCCC(C)(N)C(=O)N1CC(C)OCC1CC. The van der Waals surface area contributed by atoms with Crippen LogP contribution in [0.4, 0.5) is 0 Å². The quantitative estimate of drug-likeness (QED) is 0.813. The Morgan fingerprint density at radius 3 is 2.71 bits per heavy atom. The van der Waals surface area contributed by atoms with Crippen molar-refractivity contribution in [3.8, 4) is 0 Å². The van der Waals surface area contributed by atoms with Crippen LogP contribution in [0, 0.1) is 0 Å². The van der Waals surface area contributed by atoms with E-state index in [1.54, 1.807) is 0 Å². The summed E-state index contributed by atoms with van der Waals surface area (Å²) in [6.07, 6.45) is 2.68. The fraction of sp³-hybridized carbons (Fsp3) is 0.923. The highest BCUT2D eigenvalue weighted by Gasteiger charge is 2.37. The Bertz CT molecular complexity index is 266. The van der Waals surface area contributed by atoms with Crippen molar-refractivity contribution in [1.29, 1.82) is 0 Å². The molecule has 0 spiro atoms. The van der Waals surface area contributed by atoms with Gasteiger partial charge in [-0.15, -0.1) is 0 Å². The summed E-state index contributed by atoms with van der Waals surface area (Å²) in [5.74, 6) is 0.0707. The maximum absolute atomic E-state index is 12.5. The number of nitrogens with zero attached hydrogens (tertiary/aromatic N) is 1. The van der Waals surface area contributed by atoms with E-state index in [9.17, 15) is 4.79 Å². The largest absolute Gasteiger partial charge is 0.375 e. The molecule has 2 N–H and O–H groups in total. The van der Waals surface area contributed by atoms with E-state index in [1.165, 1.54) is 0 Å². The predicted octanol–water partition coefficient (Wildman–Crippen LogP) is 1.53. The van der Waals surface area contributed by atoms with Gasteiger partial charge >= 0.3 is 0 Å². The van der Waals surface area contributed by atoms with Crippen LogP contribution >= 0.6 is 0 Å². The van der Waals surface area contributed by atoms with Crippen LogP contribution in [-0.2, 0) is 9.53 Å². The van der Waals surface area contributed by atoms with Gasteiger partial charge in [-0.25, -0.2) is 0 Å². The minimum Gasteiger partial charge on any atom is -0.375 e. The zero-order chi connectivity index (χ0) is 13.1. The van der Waals surface area contributed by atoms with E-state index in [4.69, 9.17) is 10.5 Å². The molecule has 1 aliphatic heterocycles. The smallest absolute Gasteiger partial charge is 0.242 e. The average molecular weight is 242 g/mol. The highest BCUT2D eigenvalue weighted by Crippen LogP contribution is 2.20. The van der Waals surface area contributed by atoms with Gasteiger partial charge in [-0.2, -0.15) is 0 Å². The van der Waals surface area contributed by atoms with Gasteiger partial charge in [0.05, 0.1) is 24.3 Å². The number of ether oxygens (including phenoxy) is 1. The van der Waals surface area contributed by atoms with E-state index >= 15 is 0 Å². The normalized spacial score (nSPS) is 28.9. The van der Waals surface area contributed by atoms with Crippen molar-refractivity contribution in [1.82, 2.24) is 4.90 Å². The van der Waals surface area contributed by atoms with E-state index in [1.807, 2.05) is 18.7 Å². The first-order chi connectivity index (χ1) is 7.92. The molecule has 0 aliphatic carbocycles. The first kappa shape index (κ1) is 14.5. The van der Waals surface area contributed by atoms with Gasteiger partial charge in [0.25, 0.3) is 0 Å². The molecule has 1 amide bonds. The van der Waals surface area contributed by atoms with Crippen molar-refractivity contribution in [3.05, 3.63) is 0 Å². The van der Waals surface area contributed by atoms with Crippen LogP contribution in [0.25, 0.3) is 0 Å². The summed E-state index contributed by atoms with van der Waals surface area (Å²) in [5.41, 5.74) is 5.40. The van der Waals surface area contributed by atoms with Gasteiger partial charge in [-0.05, 0) is 26.7 Å². The van der Waals surface area contributed by atoms with Crippen molar-refractivity contribution >= 4 is 5.91 Å². The number of amides is 1. The number of hydrogen-bond donors (Lipinski definition) is 1. The van der Waals surface area contributed by atoms with E-state index < -0.39 is 5.54 Å². The molecule has 3 atom stereocenters. The molecule has 0 bridgehead atoms. The molecule has 1 rings (SSSR count). The zero-order valence-corrected chi connectivity index (χ0v) is 11.5. The molecule has 0 radical (unpaired) electrons. The van der Waals surface area contributed by atoms with E-state index in [2.05, 4.69) is 13.8 Å². The number of rotatable bonds is 4. The maximum atomic E-state index is 12.5. The van der Waals surface area contributed by atoms with Crippen LogP contribution in [0.15, 0.2) is 0 Å². The highest BCUT2D eigenvalue weighted by atomic mass is 16.5. The van der Waals surface area contributed by atoms with Crippen LogP contribution in [-0.4, -0.2) is 41.6 Å². The number of morpholine rings is 1. The summed E-state index contributed by atoms with van der Waals surface area (Å²) in [7, 11) is 0. The molecule has 1 heterocycles. The fourth-order valence-electron chi connectivity index (χ4n) is 2.39. The van der Waals surface area contributed by atoms with Gasteiger partial charge in [0.1, 0.15) is 0 Å². The molecule has 1 saturated heterocycles. The average Bonchev–Trinajstić information content (AvgIpc) is 2.28. The first-order valence-corrected chi connectivity index (χ1v) is 6.64. The van der Waals surface area contributed by atoms with Crippen LogP contribution in [0.1, 0.15) is 47.0 Å². The predicted molar refractivity (Wildman–Crippen MR) is 68.7 cm³/mol. The molecule has 3 unspecified atom stereocenters. The lowest BCUT2D eigenvalue weighted by atomic mass is 9.94. The van der Waals surface area contributed by atoms with Crippen LogP contribution in [0.5, 0.6) is 0 Å². The lowest BCUT2D eigenvalue weighted by Gasteiger charge is -2.42. The third-order valence-corrected chi connectivity index (χ3v) is 3.46. The van der Waals surface area contributed by atoms with E-state index in [-0.39, 0.29) is 18.1 Å². The van der Waals surface area contributed by atoms with Crippen molar-refractivity contribution in [2.24, 2.45) is 5.73 Å². The van der Waals surface area contributed by atoms with Gasteiger partial charge in [-0.1, -0.05) is 20.3 Å². The standard InChI is InChI=1S/C13H26N2O2/c1-5-7-13(4,14)12(16)15-8-10(3)17-9-11(15)6-2/h10-11H,5-9,14H2,1-4H3. The third kappa shape index (κ3) is 3.42. The summed E-state index contributed by atoms with van der Waals surface area (Å²) in [4.78, 5) is 14.4. The van der Waals surface area contributed by atoms with Crippen molar-refractivity contribution < 1.29 is 9.53 Å². The van der Waals surface area contributed by atoms with E-state index in [0.717, 1.165) is 19.3 Å². The van der Waals surface area contributed by atoms with Gasteiger partial charge < -0.3 is 15.4 Å². The van der Waals surface area contributed by atoms with Gasteiger partial charge in [0, 0.05) is 6.54 Å². The summed E-state index contributed by atoms with van der Waals surface area (Å²) in [5, 5.41) is 0. The zero-order valence-electron chi connectivity index (χ0n) is 11.5. The first-order valence-electron chi connectivity index (χ1n) is 6.64. The van der Waals surface area contributed by atoms with Crippen LogP contribution < -0.4 is 5.73 Å². The molecule has 100 valence electrons. The number of carbonyl (C=O) groups excluding carboxylic acids is 1. The van der Waals surface area contributed by atoms with Gasteiger partial charge in [-0.3, -0.25) is 4.79 Å². The minimum absolute atomic E-state index is 0.0707. The van der Waals surface area contributed by atoms with Gasteiger partial charge in [0.2, 0.25) is 5.91 Å². The Hall–Kier alpha value is -0.610. The molecule has 1 fully saturated rings. The summed E-state index contributed by atoms with van der Waals surface area (Å²) in [6, 6.07) is 0.179. The fourth-order valence-corrected chi connectivity index (χ4v) is 2.39. The topological polar surface area (TPSA) is 55.6 Å².